The van der Waals surface area contributed by atoms with Gasteiger partial charge in [-0.15, -0.1) is 0 Å². The minimum absolute atomic E-state index is 0.332. The van der Waals surface area contributed by atoms with Crippen molar-refractivity contribution in [3.63, 3.8) is 0 Å². The Bertz CT molecular complexity index is 628. The lowest BCUT2D eigenvalue weighted by atomic mass is 10.2. The van der Waals surface area contributed by atoms with Gasteiger partial charge in [0.05, 0.1) is 0 Å². The fourth-order valence-corrected chi connectivity index (χ4v) is 1.97. The molecule has 5 heteroatoms. The lowest BCUT2D eigenvalue weighted by Crippen LogP contribution is -2.24. The summed E-state index contributed by atoms with van der Waals surface area (Å²) in [4.78, 5) is 19.3. The molecule has 1 unspecified atom stereocenters. The molecule has 0 saturated heterocycles. The zero-order valence-corrected chi connectivity index (χ0v) is 10.4. The molecular weight excluding hydrogens is 244 g/mol. The molecule has 19 heavy (non-hydrogen) atoms. The highest BCUT2D eigenvalue weighted by atomic mass is 16.6. The molecule has 2 heterocycles. The Morgan fingerprint density at radius 1 is 1.26 bits per heavy atom. The second kappa shape index (κ2) is 4.68. The summed E-state index contributed by atoms with van der Waals surface area (Å²) in [6, 6.07) is 9.07. The van der Waals surface area contributed by atoms with Gasteiger partial charge in [-0.2, -0.15) is 0 Å². The zero-order chi connectivity index (χ0) is 13.2. The minimum atomic E-state index is -0.395. The van der Waals surface area contributed by atoms with Crippen molar-refractivity contribution in [1.29, 1.82) is 0 Å². The average molecular weight is 256 g/mol. The normalized spacial score (nSPS) is 17.0. The van der Waals surface area contributed by atoms with Crippen LogP contribution in [-0.4, -0.2) is 22.9 Å². The van der Waals surface area contributed by atoms with E-state index in [1.165, 1.54) is 0 Å². The van der Waals surface area contributed by atoms with Crippen LogP contribution in [0.5, 0.6) is 11.5 Å². The molecule has 1 aromatic carbocycles. The van der Waals surface area contributed by atoms with Gasteiger partial charge < -0.3 is 9.47 Å². The number of nitrogens with zero attached hydrogens (tertiary/aromatic N) is 2. The maximum Gasteiger partial charge on any atom is 0.192 e. The molecule has 0 bridgehead atoms. The monoisotopic (exact) mass is 256 g/mol. The highest BCUT2D eigenvalue weighted by molar-refractivity contribution is 5.71. The number of aromatic nitrogens is 2. The molecule has 1 aliphatic rings. The Kier molecular flexibility index (Phi) is 2.87. The van der Waals surface area contributed by atoms with E-state index in [9.17, 15) is 4.79 Å². The second-order valence-corrected chi connectivity index (χ2v) is 4.27. The van der Waals surface area contributed by atoms with E-state index in [-0.39, 0.29) is 0 Å². The maximum absolute atomic E-state index is 10.8. The highest BCUT2D eigenvalue weighted by Gasteiger charge is 2.25. The van der Waals surface area contributed by atoms with E-state index in [1.54, 1.807) is 6.07 Å². The van der Waals surface area contributed by atoms with Gasteiger partial charge in [0.25, 0.3) is 0 Å². The predicted molar refractivity (Wildman–Crippen MR) is 67.5 cm³/mol. The van der Waals surface area contributed by atoms with Crippen LogP contribution in [0.4, 0.5) is 0 Å². The van der Waals surface area contributed by atoms with E-state index in [1.807, 2.05) is 31.2 Å². The van der Waals surface area contributed by atoms with Gasteiger partial charge in [-0.05, 0) is 25.1 Å². The first-order chi connectivity index (χ1) is 9.26. The molecule has 3 rings (SSSR count). The summed E-state index contributed by atoms with van der Waals surface area (Å²) in [5.74, 6) is 1.84. The standard InChI is InChI=1S/C14H12N2O3/c1-9-6-10(7-17)16-14(15-9)13-8-18-11-4-2-3-5-12(11)19-13/h2-7,13H,8H2,1H3. The second-order valence-electron chi connectivity index (χ2n) is 4.27. The van der Waals surface area contributed by atoms with Crippen LogP contribution in [0.1, 0.15) is 28.1 Å². The number of benzene rings is 1. The number of carbonyl (C=O) groups excluding carboxylic acids is 1. The Morgan fingerprint density at radius 3 is 2.84 bits per heavy atom. The summed E-state index contributed by atoms with van der Waals surface area (Å²) in [5.41, 5.74) is 1.08. The van der Waals surface area contributed by atoms with E-state index < -0.39 is 6.10 Å². The van der Waals surface area contributed by atoms with E-state index in [4.69, 9.17) is 9.47 Å². The molecule has 1 atom stereocenters. The number of carbonyl (C=O) groups is 1. The Balaban J connectivity index is 1.92. The first kappa shape index (κ1) is 11.6. The van der Waals surface area contributed by atoms with Gasteiger partial charge in [-0.1, -0.05) is 12.1 Å². The molecule has 0 N–H and O–H groups in total. The third kappa shape index (κ3) is 2.27. The van der Waals surface area contributed by atoms with Gasteiger partial charge in [-0.25, -0.2) is 9.97 Å². The van der Waals surface area contributed by atoms with Crippen molar-refractivity contribution in [1.82, 2.24) is 9.97 Å². The SMILES string of the molecule is Cc1cc(C=O)nc(C2COc3ccccc3O2)n1. The van der Waals surface area contributed by atoms with Crippen molar-refractivity contribution in [2.45, 2.75) is 13.0 Å². The number of hydrogen-bond acceptors (Lipinski definition) is 5. The van der Waals surface area contributed by atoms with Gasteiger partial charge in [0.2, 0.25) is 0 Å². The molecule has 0 fully saturated rings. The number of hydrogen-bond donors (Lipinski definition) is 0. The zero-order valence-electron chi connectivity index (χ0n) is 10.4. The quantitative estimate of drug-likeness (QED) is 0.770. The largest absolute Gasteiger partial charge is 0.485 e. The van der Waals surface area contributed by atoms with Gasteiger partial charge >= 0.3 is 0 Å². The van der Waals surface area contributed by atoms with Crippen LogP contribution in [0.25, 0.3) is 0 Å². The van der Waals surface area contributed by atoms with Crippen molar-refractivity contribution in [3.05, 3.63) is 47.5 Å². The van der Waals surface area contributed by atoms with Gasteiger partial charge in [0.1, 0.15) is 12.3 Å². The van der Waals surface area contributed by atoms with Gasteiger partial charge in [-0.3, -0.25) is 4.79 Å². The molecule has 1 aliphatic heterocycles. The Labute approximate surface area is 110 Å². The third-order valence-corrected chi connectivity index (χ3v) is 2.81. The predicted octanol–water partition coefficient (Wildman–Crippen LogP) is 2.11. The van der Waals surface area contributed by atoms with E-state index in [0.29, 0.717) is 35.9 Å². The molecule has 0 saturated carbocycles. The lowest BCUT2D eigenvalue weighted by Gasteiger charge is -2.25. The van der Waals surface area contributed by atoms with Crippen molar-refractivity contribution >= 4 is 6.29 Å². The number of aldehydes is 1. The topological polar surface area (TPSA) is 61.3 Å². The maximum atomic E-state index is 10.8. The summed E-state index contributed by atoms with van der Waals surface area (Å²) < 4.78 is 11.4. The summed E-state index contributed by atoms with van der Waals surface area (Å²) in [6.07, 6.45) is 0.309. The Hall–Kier alpha value is -2.43. The molecule has 0 spiro atoms. The van der Waals surface area contributed by atoms with E-state index in [2.05, 4.69) is 9.97 Å². The number of rotatable bonds is 2. The first-order valence-corrected chi connectivity index (χ1v) is 5.95. The van der Waals surface area contributed by atoms with E-state index in [0.717, 1.165) is 5.69 Å². The van der Waals surface area contributed by atoms with Crippen LogP contribution >= 0.6 is 0 Å². The molecule has 5 nitrogen and oxygen atoms in total. The van der Waals surface area contributed by atoms with Crippen LogP contribution in [0.2, 0.25) is 0 Å². The molecule has 1 aromatic heterocycles. The molecule has 96 valence electrons. The molecule has 0 amide bonds. The third-order valence-electron chi connectivity index (χ3n) is 2.81. The van der Waals surface area contributed by atoms with Crippen molar-refractivity contribution in [2.24, 2.45) is 0 Å². The number of ether oxygens (including phenoxy) is 2. The number of fused-ring (bicyclic) bond motifs is 1. The fraction of sp³-hybridized carbons (Fsp3) is 0.214. The average Bonchev–Trinajstić information content (AvgIpc) is 2.46. The van der Waals surface area contributed by atoms with Crippen LogP contribution in [-0.2, 0) is 0 Å². The fourth-order valence-electron chi connectivity index (χ4n) is 1.97. The van der Waals surface area contributed by atoms with Gasteiger partial charge in [0.15, 0.2) is 29.7 Å². The van der Waals surface area contributed by atoms with Crippen LogP contribution in [0.3, 0.4) is 0 Å². The molecule has 0 radical (unpaired) electrons. The van der Waals surface area contributed by atoms with Crippen molar-refractivity contribution in [3.8, 4) is 11.5 Å². The summed E-state index contributed by atoms with van der Waals surface area (Å²) in [5, 5.41) is 0. The van der Waals surface area contributed by atoms with Crippen molar-refractivity contribution in [2.75, 3.05) is 6.61 Å². The lowest BCUT2D eigenvalue weighted by molar-refractivity contribution is 0.0846. The highest BCUT2D eigenvalue weighted by Crippen LogP contribution is 2.34. The summed E-state index contributed by atoms with van der Waals surface area (Å²) in [6.45, 7) is 2.15. The number of aryl methyl sites for hydroxylation is 1. The smallest absolute Gasteiger partial charge is 0.192 e. The van der Waals surface area contributed by atoms with Crippen molar-refractivity contribution < 1.29 is 14.3 Å². The van der Waals surface area contributed by atoms with Crippen LogP contribution in [0.15, 0.2) is 30.3 Å². The summed E-state index contributed by atoms with van der Waals surface area (Å²) in [7, 11) is 0. The minimum Gasteiger partial charge on any atom is -0.485 e. The van der Waals surface area contributed by atoms with E-state index >= 15 is 0 Å². The van der Waals surface area contributed by atoms with Crippen LogP contribution < -0.4 is 9.47 Å². The Morgan fingerprint density at radius 2 is 2.05 bits per heavy atom. The number of para-hydroxylation sites is 2. The van der Waals surface area contributed by atoms with Crippen LogP contribution in [0, 0.1) is 6.92 Å². The molecular formula is C14H12N2O3. The molecule has 0 aliphatic carbocycles. The summed E-state index contributed by atoms with van der Waals surface area (Å²) >= 11 is 0. The van der Waals surface area contributed by atoms with Gasteiger partial charge in [0, 0.05) is 5.69 Å². The molecule has 2 aromatic rings. The first-order valence-electron chi connectivity index (χ1n) is 5.95.